The van der Waals surface area contributed by atoms with E-state index in [4.69, 9.17) is 5.11 Å². The van der Waals surface area contributed by atoms with E-state index in [9.17, 15) is 0 Å². The number of hydrogen-bond donors (Lipinski definition) is 0. The Morgan fingerprint density at radius 3 is 2.00 bits per heavy atom. The molecule has 0 radical (unpaired) electrons. The second-order valence-electron chi connectivity index (χ2n) is 0.197. The van der Waals surface area contributed by atoms with Gasteiger partial charge in [-0.3, -0.25) is 0 Å². The SMILES string of the molecule is [O-]C#CCl. The molecule has 2 heteroatoms. The summed E-state index contributed by atoms with van der Waals surface area (Å²) in [5, 5.41) is 10.4. The summed E-state index contributed by atoms with van der Waals surface area (Å²) < 4.78 is 0. The van der Waals surface area contributed by atoms with Crippen LogP contribution < -0.4 is 5.11 Å². The molecule has 0 aromatic heterocycles. The first-order chi connectivity index (χ1) is 1.91. The molecule has 0 atom stereocenters. The molecular weight excluding hydrogens is 75.5 g/mol. The van der Waals surface area contributed by atoms with Gasteiger partial charge in [0, 0.05) is 0 Å². The van der Waals surface area contributed by atoms with Gasteiger partial charge in [-0.05, 0) is 17.0 Å². The molecule has 0 aromatic carbocycles. The highest BCUT2D eigenvalue weighted by atomic mass is 35.5. The summed E-state index contributed by atoms with van der Waals surface area (Å²) in [6, 6.07) is 0. The van der Waals surface area contributed by atoms with Gasteiger partial charge in [0.15, 0.2) is 0 Å². The van der Waals surface area contributed by atoms with Gasteiger partial charge < -0.3 is 5.11 Å². The third kappa shape index (κ3) is 1.65. The minimum atomic E-state index is 1.20. The van der Waals surface area contributed by atoms with Gasteiger partial charge in [0.25, 0.3) is 0 Å². The van der Waals surface area contributed by atoms with Crippen LogP contribution in [0.3, 0.4) is 0 Å². The third-order valence-electron chi connectivity index (χ3n) is 0.0386. The van der Waals surface area contributed by atoms with Crippen molar-refractivity contribution in [1.29, 1.82) is 0 Å². The summed E-state index contributed by atoms with van der Waals surface area (Å²) in [5.41, 5.74) is 0. The first kappa shape index (κ1) is 3.65. The van der Waals surface area contributed by atoms with Gasteiger partial charge >= 0.3 is 0 Å². The molecule has 0 saturated carbocycles. The Morgan fingerprint density at radius 1 is 1.75 bits per heavy atom. The Balaban J connectivity index is 2.83. The molecule has 0 unspecified atom stereocenters. The minimum Gasteiger partial charge on any atom is -0.832 e. The van der Waals surface area contributed by atoms with E-state index in [1.165, 1.54) is 6.11 Å². The van der Waals surface area contributed by atoms with Crippen LogP contribution in [0.15, 0.2) is 0 Å². The van der Waals surface area contributed by atoms with Gasteiger partial charge in [-0.1, -0.05) is 0 Å². The summed E-state index contributed by atoms with van der Waals surface area (Å²) >= 11 is 4.51. The number of hydrogen-bond acceptors (Lipinski definition) is 1. The Hall–Kier alpha value is -0.350. The van der Waals surface area contributed by atoms with Crippen molar-refractivity contribution in [2.24, 2.45) is 0 Å². The molecular formula is C2ClO-. The number of rotatable bonds is 0. The molecule has 0 heterocycles. The van der Waals surface area contributed by atoms with Gasteiger partial charge in [0.1, 0.15) is 0 Å². The lowest BCUT2D eigenvalue weighted by molar-refractivity contribution is -0.247. The third-order valence-corrected chi connectivity index (χ3v) is 0.116. The molecule has 0 aliphatic heterocycles. The first-order valence-corrected chi connectivity index (χ1v) is 1.02. The highest BCUT2D eigenvalue weighted by Crippen LogP contribution is 1.51. The van der Waals surface area contributed by atoms with Crippen molar-refractivity contribution >= 4 is 11.6 Å². The van der Waals surface area contributed by atoms with Gasteiger partial charge in [-0.25, -0.2) is 0 Å². The number of halogens is 1. The maximum absolute atomic E-state index is 8.81. The fourth-order valence-electron chi connectivity index (χ4n) is 0. The lowest BCUT2D eigenvalue weighted by Gasteiger charge is -1.66. The second kappa shape index (κ2) is 2.65. The largest absolute Gasteiger partial charge is 0.832 e. The summed E-state index contributed by atoms with van der Waals surface area (Å²) in [5.74, 6) is 0. The molecule has 0 rings (SSSR count). The highest BCUT2D eigenvalue weighted by molar-refractivity contribution is 6.30. The van der Waals surface area contributed by atoms with Crippen LogP contribution >= 0.6 is 11.6 Å². The van der Waals surface area contributed by atoms with Crippen molar-refractivity contribution in [3.63, 3.8) is 0 Å². The van der Waals surface area contributed by atoms with Gasteiger partial charge in [-0.15, -0.1) is 6.11 Å². The van der Waals surface area contributed by atoms with E-state index in [0.29, 0.717) is 0 Å². The monoisotopic (exact) mass is 75.0 g/mol. The zero-order valence-corrected chi connectivity index (χ0v) is 2.54. The summed E-state index contributed by atoms with van der Waals surface area (Å²) in [6.45, 7) is 0. The maximum atomic E-state index is 8.81. The van der Waals surface area contributed by atoms with Crippen molar-refractivity contribution in [2.45, 2.75) is 0 Å². The maximum Gasteiger partial charge on any atom is -0.00519 e. The van der Waals surface area contributed by atoms with E-state index < -0.39 is 0 Å². The van der Waals surface area contributed by atoms with Crippen LogP contribution in [-0.2, 0) is 0 Å². The molecule has 0 spiro atoms. The van der Waals surface area contributed by atoms with Crippen LogP contribution in [0.25, 0.3) is 0 Å². The summed E-state index contributed by atoms with van der Waals surface area (Å²) in [7, 11) is 0. The molecule has 0 amide bonds. The van der Waals surface area contributed by atoms with Crippen LogP contribution in [0, 0.1) is 11.5 Å². The van der Waals surface area contributed by atoms with Gasteiger partial charge in [0.2, 0.25) is 0 Å². The van der Waals surface area contributed by atoms with E-state index in [-0.39, 0.29) is 0 Å². The summed E-state index contributed by atoms with van der Waals surface area (Å²) in [4.78, 5) is 0. The fraction of sp³-hybridized carbons (Fsp3) is 0. The Bertz CT molecular complexity index is 42.8. The van der Waals surface area contributed by atoms with E-state index in [1.807, 2.05) is 0 Å². The van der Waals surface area contributed by atoms with Gasteiger partial charge in [-0.2, -0.15) is 0 Å². The Morgan fingerprint density at radius 2 is 2.00 bits per heavy atom. The van der Waals surface area contributed by atoms with E-state index in [0.717, 1.165) is 0 Å². The van der Waals surface area contributed by atoms with Crippen molar-refractivity contribution in [3.05, 3.63) is 0 Å². The molecule has 1 nitrogen and oxygen atoms in total. The normalized spacial score (nSPS) is 3.25. The topological polar surface area (TPSA) is 23.1 Å². The van der Waals surface area contributed by atoms with Crippen LogP contribution in [0.2, 0.25) is 0 Å². The highest BCUT2D eigenvalue weighted by Gasteiger charge is 1.20. The van der Waals surface area contributed by atoms with Crippen LogP contribution in [0.5, 0.6) is 0 Å². The average molecular weight is 75.5 g/mol. The van der Waals surface area contributed by atoms with Crippen LogP contribution in [0.1, 0.15) is 0 Å². The predicted octanol–water partition coefficient (Wildman–Crippen LogP) is -0.496. The molecule has 0 fully saturated rings. The molecule has 4 heavy (non-hydrogen) atoms. The Kier molecular flexibility index (Phi) is 2.42. The zero-order chi connectivity index (χ0) is 3.41. The predicted molar refractivity (Wildman–Crippen MR) is 13.6 cm³/mol. The summed E-state index contributed by atoms with van der Waals surface area (Å²) in [6.07, 6.45) is 1.20. The van der Waals surface area contributed by atoms with Gasteiger partial charge in [0.05, 0.1) is 0 Å². The molecule has 0 N–H and O–H groups in total. The molecule has 0 bridgehead atoms. The molecule has 0 saturated heterocycles. The van der Waals surface area contributed by atoms with Crippen molar-refractivity contribution in [3.8, 4) is 11.5 Å². The minimum absolute atomic E-state index is 1.20. The van der Waals surface area contributed by atoms with E-state index in [1.54, 1.807) is 5.38 Å². The van der Waals surface area contributed by atoms with Crippen LogP contribution in [0.4, 0.5) is 0 Å². The van der Waals surface area contributed by atoms with Crippen molar-refractivity contribution < 1.29 is 5.11 Å². The van der Waals surface area contributed by atoms with E-state index >= 15 is 0 Å². The molecule has 22 valence electrons. The first-order valence-electron chi connectivity index (χ1n) is 0.643. The van der Waals surface area contributed by atoms with Crippen molar-refractivity contribution in [1.82, 2.24) is 0 Å². The van der Waals surface area contributed by atoms with Crippen molar-refractivity contribution in [2.75, 3.05) is 0 Å². The van der Waals surface area contributed by atoms with Crippen LogP contribution in [-0.4, -0.2) is 0 Å². The zero-order valence-electron chi connectivity index (χ0n) is 1.79. The standard InChI is InChI=1S/C2HClO/c3-1-2-4/h4H/p-1. The molecule has 0 aliphatic rings. The molecule has 0 aromatic rings. The second-order valence-corrected chi connectivity index (χ2v) is 0.386. The van der Waals surface area contributed by atoms with E-state index in [2.05, 4.69) is 11.6 Å². The lowest BCUT2D eigenvalue weighted by Crippen LogP contribution is -1.82. The Labute approximate surface area is 29.2 Å². The quantitative estimate of drug-likeness (QED) is 0.356. The average Bonchev–Trinajstić information content (AvgIpc) is 1.37. The molecule has 0 aliphatic carbocycles. The fourth-order valence-corrected chi connectivity index (χ4v) is 0. The smallest absolute Gasteiger partial charge is 0.00519 e. The lowest BCUT2D eigenvalue weighted by atomic mass is 11.3.